The number of aromatic nitrogens is 1. The molecule has 0 atom stereocenters. The molecule has 58 valence electrons. The third kappa shape index (κ3) is 2.01. The molecule has 0 saturated heterocycles. The van der Waals surface area contributed by atoms with Crippen LogP contribution in [0.25, 0.3) is 0 Å². The standard InChI is InChI=1S/C7H7BrN2O/c1-9-7(11)5-2-3-10-6(8)4-5/h2-4H,1H3,(H,9,11)/i2D,3D,4D. The number of nitrogens with zero attached hydrogens (tertiary/aromatic N) is 1. The number of carbonyl (C=O) groups excluding carboxylic acids is 1. The average molecular weight is 218 g/mol. The van der Waals surface area contributed by atoms with Crippen molar-refractivity contribution in [3.63, 3.8) is 0 Å². The highest BCUT2D eigenvalue weighted by Crippen LogP contribution is 2.07. The summed E-state index contributed by atoms with van der Waals surface area (Å²) in [6.07, 6.45) is -0.327. The van der Waals surface area contributed by atoms with Gasteiger partial charge in [-0.2, -0.15) is 0 Å². The van der Waals surface area contributed by atoms with Crippen LogP contribution in [0.15, 0.2) is 22.9 Å². The third-order valence-corrected chi connectivity index (χ3v) is 1.39. The molecule has 0 aliphatic carbocycles. The zero-order chi connectivity index (χ0) is 10.9. The van der Waals surface area contributed by atoms with E-state index < -0.39 is 5.91 Å². The summed E-state index contributed by atoms with van der Waals surface area (Å²) in [6.45, 7) is 0. The Bertz CT molecular complexity index is 371. The van der Waals surface area contributed by atoms with E-state index in [0.29, 0.717) is 0 Å². The molecule has 0 radical (unpaired) electrons. The van der Waals surface area contributed by atoms with Gasteiger partial charge >= 0.3 is 0 Å². The first-order chi connectivity index (χ1) is 6.49. The topological polar surface area (TPSA) is 42.0 Å². The van der Waals surface area contributed by atoms with Crippen molar-refractivity contribution in [2.45, 2.75) is 0 Å². The molecular weight excluding hydrogens is 208 g/mol. The summed E-state index contributed by atoms with van der Waals surface area (Å²) >= 11 is 2.95. The Morgan fingerprint density at radius 1 is 1.91 bits per heavy atom. The van der Waals surface area contributed by atoms with Crippen molar-refractivity contribution in [1.29, 1.82) is 0 Å². The molecule has 1 aromatic heterocycles. The van der Waals surface area contributed by atoms with Gasteiger partial charge in [0.15, 0.2) is 0 Å². The van der Waals surface area contributed by atoms with Crippen LogP contribution in [-0.2, 0) is 0 Å². The minimum atomic E-state index is -0.559. The Morgan fingerprint density at radius 2 is 2.64 bits per heavy atom. The fraction of sp³-hybridized carbons (Fsp3) is 0.143. The van der Waals surface area contributed by atoms with E-state index in [1.54, 1.807) is 0 Å². The molecule has 4 heteroatoms. The van der Waals surface area contributed by atoms with Crippen LogP contribution in [0, 0.1) is 0 Å². The average Bonchev–Trinajstić information content (AvgIpc) is 2.15. The quantitative estimate of drug-likeness (QED) is 0.719. The molecule has 0 aliphatic rings. The van der Waals surface area contributed by atoms with Crippen molar-refractivity contribution < 1.29 is 8.91 Å². The Labute approximate surface area is 77.2 Å². The third-order valence-electron chi connectivity index (χ3n) is 1.02. The van der Waals surface area contributed by atoms with E-state index >= 15 is 0 Å². The Kier molecular flexibility index (Phi) is 1.54. The van der Waals surface area contributed by atoms with Gasteiger partial charge in [-0.05, 0) is 28.0 Å². The zero-order valence-corrected chi connectivity index (χ0v) is 7.32. The lowest BCUT2D eigenvalue weighted by atomic mass is 10.2. The van der Waals surface area contributed by atoms with Gasteiger partial charge in [-0.25, -0.2) is 4.98 Å². The zero-order valence-electron chi connectivity index (χ0n) is 8.73. The lowest BCUT2D eigenvalue weighted by Gasteiger charge is -1.97. The molecule has 1 amide bonds. The van der Waals surface area contributed by atoms with E-state index in [2.05, 4.69) is 26.2 Å². The number of rotatable bonds is 1. The maximum atomic E-state index is 11.3. The van der Waals surface area contributed by atoms with E-state index in [1.165, 1.54) is 7.05 Å². The number of nitrogens with one attached hydrogen (secondary N) is 1. The molecule has 11 heavy (non-hydrogen) atoms. The van der Waals surface area contributed by atoms with Crippen LogP contribution in [0.1, 0.15) is 14.5 Å². The van der Waals surface area contributed by atoms with Gasteiger partial charge in [0.25, 0.3) is 5.91 Å². The number of amides is 1. The van der Waals surface area contributed by atoms with Crippen molar-refractivity contribution in [3.8, 4) is 0 Å². The van der Waals surface area contributed by atoms with Crippen LogP contribution in [0.2, 0.25) is 0 Å². The first-order valence-electron chi connectivity index (χ1n) is 4.34. The number of halogens is 1. The molecule has 0 fully saturated rings. The van der Waals surface area contributed by atoms with Crippen molar-refractivity contribution in [2.75, 3.05) is 7.05 Å². The van der Waals surface area contributed by atoms with Crippen LogP contribution in [0.4, 0.5) is 0 Å². The lowest BCUT2D eigenvalue weighted by Crippen LogP contribution is -2.17. The van der Waals surface area contributed by atoms with Gasteiger partial charge in [0.2, 0.25) is 0 Å². The fourth-order valence-electron chi connectivity index (χ4n) is 0.534. The van der Waals surface area contributed by atoms with E-state index in [4.69, 9.17) is 4.11 Å². The Balaban J connectivity index is 3.47. The van der Waals surface area contributed by atoms with Crippen LogP contribution >= 0.6 is 15.9 Å². The monoisotopic (exact) mass is 217 g/mol. The van der Waals surface area contributed by atoms with Crippen molar-refractivity contribution in [1.82, 2.24) is 10.3 Å². The largest absolute Gasteiger partial charge is 0.355 e. The van der Waals surface area contributed by atoms with Crippen molar-refractivity contribution in [2.24, 2.45) is 0 Å². The SMILES string of the molecule is [2H]c1nc(Br)c([2H])c(C(=O)NC)c1[2H]. The highest BCUT2D eigenvalue weighted by molar-refractivity contribution is 9.10. The maximum absolute atomic E-state index is 11.3. The molecule has 1 rings (SSSR count). The molecule has 3 nitrogen and oxygen atoms in total. The van der Waals surface area contributed by atoms with Crippen molar-refractivity contribution >= 4 is 21.8 Å². The summed E-state index contributed by atoms with van der Waals surface area (Å²) in [7, 11) is 1.40. The summed E-state index contributed by atoms with van der Waals surface area (Å²) < 4.78 is 22.3. The molecule has 1 aromatic rings. The first kappa shape index (κ1) is 4.87. The van der Waals surface area contributed by atoms with E-state index in [0.717, 1.165) is 0 Å². The van der Waals surface area contributed by atoms with Gasteiger partial charge in [0, 0.05) is 18.8 Å². The number of hydrogen-bond donors (Lipinski definition) is 1. The van der Waals surface area contributed by atoms with E-state index in [1.807, 2.05) is 0 Å². The summed E-state index contributed by atoms with van der Waals surface area (Å²) in [5, 5.41) is 2.31. The second kappa shape index (κ2) is 3.48. The molecule has 1 heterocycles. The smallest absolute Gasteiger partial charge is 0.251 e. The van der Waals surface area contributed by atoms with Gasteiger partial charge < -0.3 is 5.32 Å². The molecule has 0 aliphatic heterocycles. The second-order valence-electron chi connectivity index (χ2n) is 1.72. The number of hydrogen-bond acceptors (Lipinski definition) is 2. The van der Waals surface area contributed by atoms with Crippen LogP contribution < -0.4 is 5.32 Å². The van der Waals surface area contributed by atoms with Gasteiger partial charge in [-0.3, -0.25) is 4.79 Å². The summed E-state index contributed by atoms with van der Waals surface area (Å²) in [5.41, 5.74) is -0.139. The molecule has 0 spiro atoms. The summed E-state index contributed by atoms with van der Waals surface area (Å²) in [5.74, 6) is -0.559. The van der Waals surface area contributed by atoms with E-state index in [-0.39, 0.29) is 28.4 Å². The molecular formula is C7H7BrN2O. The van der Waals surface area contributed by atoms with Gasteiger partial charge in [-0.1, -0.05) is 0 Å². The second-order valence-corrected chi connectivity index (χ2v) is 2.47. The highest BCUT2D eigenvalue weighted by atomic mass is 79.9. The Morgan fingerprint density at radius 3 is 3.27 bits per heavy atom. The molecule has 1 N–H and O–H groups in total. The predicted molar refractivity (Wildman–Crippen MR) is 45.3 cm³/mol. The van der Waals surface area contributed by atoms with Crippen LogP contribution in [0.3, 0.4) is 0 Å². The minimum Gasteiger partial charge on any atom is -0.355 e. The highest BCUT2D eigenvalue weighted by Gasteiger charge is 2.01. The predicted octanol–water partition coefficient (Wildman–Crippen LogP) is 1.20. The molecule has 0 bridgehead atoms. The van der Waals surface area contributed by atoms with Crippen LogP contribution in [-0.4, -0.2) is 17.9 Å². The maximum Gasteiger partial charge on any atom is 0.251 e. The summed E-state index contributed by atoms with van der Waals surface area (Å²) in [6, 6.07) is -0.511. The minimum absolute atomic E-state index is 0.0945. The molecule has 0 aromatic carbocycles. The van der Waals surface area contributed by atoms with Gasteiger partial charge in [-0.15, -0.1) is 0 Å². The fourth-order valence-corrected chi connectivity index (χ4v) is 0.821. The first-order valence-corrected chi connectivity index (χ1v) is 3.63. The normalized spacial score (nSPS) is 13.1. The van der Waals surface area contributed by atoms with Crippen molar-refractivity contribution in [3.05, 3.63) is 28.4 Å². The summed E-state index contributed by atoms with van der Waals surface area (Å²) in [4.78, 5) is 14.9. The van der Waals surface area contributed by atoms with E-state index in [9.17, 15) is 4.79 Å². The van der Waals surface area contributed by atoms with Gasteiger partial charge in [0.05, 0.1) is 4.11 Å². The molecule has 0 unspecified atom stereocenters. The number of carbonyl (C=O) groups is 1. The van der Waals surface area contributed by atoms with Crippen LogP contribution in [0.5, 0.6) is 0 Å². The Hall–Kier alpha value is -0.900. The lowest BCUT2D eigenvalue weighted by molar-refractivity contribution is 0.0963. The van der Waals surface area contributed by atoms with Gasteiger partial charge in [0.1, 0.15) is 4.60 Å². The number of pyridine rings is 1. The molecule has 0 saturated carbocycles.